The number of carbonyl (C=O) groups is 2. The number of amides is 1. The third-order valence-electron chi connectivity index (χ3n) is 2.86. The van der Waals surface area contributed by atoms with Crippen LogP contribution in [0.5, 0.6) is 0 Å². The first-order valence-electron chi connectivity index (χ1n) is 6.23. The molecule has 0 unspecified atom stereocenters. The topological polar surface area (TPSA) is 166 Å². The third kappa shape index (κ3) is 3.47. The smallest absolute Gasteiger partial charge is 0.339 e. The molecular weight excluding hydrogens is 324 g/mol. The maximum absolute atomic E-state index is 12.1. The Hall–Kier alpha value is -3.89. The fourth-order valence-electron chi connectivity index (χ4n) is 1.79. The molecule has 0 saturated carbocycles. The molecule has 11 heteroatoms. The van der Waals surface area contributed by atoms with E-state index in [1.807, 2.05) is 0 Å². The van der Waals surface area contributed by atoms with Crippen molar-refractivity contribution in [2.24, 2.45) is 0 Å². The molecule has 24 heavy (non-hydrogen) atoms. The normalized spacial score (nSPS) is 10.0. The summed E-state index contributed by atoms with van der Waals surface area (Å²) in [5, 5.41) is 32.8. The van der Waals surface area contributed by atoms with Gasteiger partial charge in [0.25, 0.3) is 17.3 Å². The van der Waals surface area contributed by atoms with E-state index in [4.69, 9.17) is 5.11 Å². The summed E-state index contributed by atoms with van der Waals surface area (Å²) in [5.41, 5.74) is -1.97. The number of aromatic nitrogens is 1. The number of nitro benzene ring substituents is 2. The SMILES string of the molecule is O=C(Nc1ncccc1C(=O)O)c1cc([N+](=O)[O-])cc([N+](=O)[O-])c1. The molecule has 11 nitrogen and oxygen atoms in total. The van der Waals surface area contributed by atoms with Crippen LogP contribution in [0.2, 0.25) is 0 Å². The molecule has 1 amide bonds. The predicted molar refractivity (Wildman–Crippen MR) is 78.9 cm³/mol. The highest BCUT2D eigenvalue weighted by atomic mass is 16.6. The summed E-state index contributed by atoms with van der Waals surface area (Å²) in [6, 6.07) is 4.93. The van der Waals surface area contributed by atoms with Crippen LogP contribution in [0.4, 0.5) is 17.2 Å². The lowest BCUT2D eigenvalue weighted by Gasteiger charge is -2.07. The number of pyridine rings is 1. The Balaban J connectivity index is 2.42. The van der Waals surface area contributed by atoms with Gasteiger partial charge in [0.05, 0.1) is 21.5 Å². The molecule has 0 fully saturated rings. The quantitative estimate of drug-likeness (QED) is 0.618. The molecular formula is C13H8N4O7. The number of carboxylic acids is 1. The van der Waals surface area contributed by atoms with Crippen molar-refractivity contribution in [2.45, 2.75) is 0 Å². The molecule has 0 spiro atoms. The Kier molecular flexibility index (Phi) is 4.45. The van der Waals surface area contributed by atoms with Gasteiger partial charge in [-0.15, -0.1) is 0 Å². The monoisotopic (exact) mass is 332 g/mol. The zero-order chi connectivity index (χ0) is 17.9. The molecule has 122 valence electrons. The molecule has 0 radical (unpaired) electrons. The molecule has 2 rings (SSSR count). The van der Waals surface area contributed by atoms with E-state index in [2.05, 4.69) is 10.3 Å². The van der Waals surface area contributed by atoms with Crippen molar-refractivity contribution in [3.05, 3.63) is 67.9 Å². The zero-order valence-electron chi connectivity index (χ0n) is 11.7. The molecule has 2 aromatic rings. The van der Waals surface area contributed by atoms with E-state index in [0.717, 1.165) is 12.1 Å². The number of hydrogen-bond acceptors (Lipinski definition) is 7. The summed E-state index contributed by atoms with van der Waals surface area (Å²) >= 11 is 0. The maximum Gasteiger partial charge on any atom is 0.339 e. The van der Waals surface area contributed by atoms with E-state index in [-0.39, 0.29) is 16.9 Å². The number of nitrogens with one attached hydrogen (secondary N) is 1. The van der Waals surface area contributed by atoms with Gasteiger partial charge in [-0.05, 0) is 12.1 Å². The fraction of sp³-hybridized carbons (Fsp3) is 0. The number of nitro groups is 2. The number of nitrogens with zero attached hydrogens (tertiary/aromatic N) is 3. The molecule has 0 atom stereocenters. The Bertz CT molecular complexity index is 833. The van der Waals surface area contributed by atoms with Crippen LogP contribution in [0.3, 0.4) is 0 Å². The van der Waals surface area contributed by atoms with Gasteiger partial charge in [0.2, 0.25) is 0 Å². The van der Waals surface area contributed by atoms with Gasteiger partial charge in [-0.25, -0.2) is 9.78 Å². The van der Waals surface area contributed by atoms with Gasteiger partial charge in [0, 0.05) is 18.3 Å². The Morgan fingerprint density at radius 1 is 1.08 bits per heavy atom. The third-order valence-corrected chi connectivity index (χ3v) is 2.86. The van der Waals surface area contributed by atoms with Gasteiger partial charge in [-0.3, -0.25) is 25.0 Å². The second-order valence-electron chi connectivity index (χ2n) is 4.41. The number of hydrogen-bond donors (Lipinski definition) is 2. The van der Waals surface area contributed by atoms with Crippen molar-refractivity contribution in [1.82, 2.24) is 4.98 Å². The van der Waals surface area contributed by atoms with Crippen molar-refractivity contribution in [3.63, 3.8) is 0 Å². The van der Waals surface area contributed by atoms with E-state index in [1.165, 1.54) is 18.3 Å². The predicted octanol–water partition coefficient (Wildman–Crippen LogP) is 1.85. The average molecular weight is 332 g/mol. The van der Waals surface area contributed by atoms with Crippen molar-refractivity contribution < 1.29 is 24.5 Å². The lowest BCUT2D eigenvalue weighted by atomic mass is 10.1. The molecule has 0 saturated heterocycles. The van der Waals surface area contributed by atoms with Gasteiger partial charge in [0.15, 0.2) is 0 Å². The second kappa shape index (κ2) is 6.48. The Morgan fingerprint density at radius 3 is 2.17 bits per heavy atom. The summed E-state index contributed by atoms with van der Waals surface area (Å²) in [6.07, 6.45) is 1.23. The number of carboxylic acid groups (broad SMARTS) is 1. The van der Waals surface area contributed by atoms with Gasteiger partial charge >= 0.3 is 5.97 Å². The van der Waals surface area contributed by atoms with Crippen LogP contribution in [0.25, 0.3) is 0 Å². The summed E-state index contributed by atoms with van der Waals surface area (Å²) < 4.78 is 0. The molecule has 0 aliphatic rings. The minimum absolute atomic E-state index is 0.288. The minimum Gasteiger partial charge on any atom is -0.478 e. The van der Waals surface area contributed by atoms with Crippen LogP contribution in [0.15, 0.2) is 36.5 Å². The minimum atomic E-state index is -1.34. The van der Waals surface area contributed by atoms with Crippen LogP contribution in [0.1, 0.15) is 20.7 Å². The molecule has 0 aliphatic carbocycles. The number of carbonyl (C=O) groups excluding carboxylic acids is 1. The van der Waals surface area contributed by atoms with Crippen molar-refractivity contribution in [1.29, 1.82) is 0 Å². The molecule has 1 aromatic heterocycles. The van der Waals surface area contributed by atoms with Crippen molar-refractivity contribution in [3.8, 4) is 0 Å². The van der Waals surface area contributed by atoms with E-state index in [1.54, 1.807) is 0 Å². The Morgan fingerprint density at radius 2 is 1.67 bits per heavy atom. The number of rotatable bonds is 5. The lowest BCUT2D eigenvalue weighted by molar-refractivity contribution is -0.394. The fourth-order valence-corrected chi connectivity index (χ4v) is 1.79. The highest BCUT2D eigenvalue weighted by Gasteiger charge is 2.21. The summed E-state index contributed by atoms with van der Waals surface area (Å²) in [7, 11) is 0. The average Bonchev–Trinajstić information content (AvgIpc) is 2.54. The first kappa shape index (κ1) is 16.5. The molecule has 1 heterocycles. The van der Waals surface area contributed by atoms with Gasteiger partial charge in [0.1, 0.15) is 11.4 Å². The van der Waals surface area contributed by atoms with Crippen molar-refractivity contribution >= 4 is 29.1 Å². The lowest BCUT2D eigenvalue weighted by Crippen LogP contribution is -2.16. The number of non-ortho nitro benzene ring substituents is 2. The first-order chi connectivity index (χ1) is 11.3. The standard InChI is InChI=1S/C13H8N4O7/c18-12(15-11-10(13(19)20)2-1-3-14-11)7-4-8(16(21)22)6-9(5-7)17(23)24/h1-6H,(H,19,20)(H,14,15,18). The van der Waals surface area contributed by atoms with E-state index >= 15 is 0 Å². The van der Waals surface area contributed by atoms with Gasteiger partial charge in [-0.2, -0.15) is 0 Å². The summed E-state index contributed by atoms with van der Waals surface area (Å²) in [4.78, 5) is 46.8. The van der Waals surface area contributed by atoms with E-state index in [9.17, 15) is 29.8 Å². The molecule has 0 bridgehead atoms. The number of aromatic carboxylic acids is 1. The van der Waals surface area contributed by atoms with E-state index < -0.39 is 33.1 Å². The van der Waals surface area contributed by atoms with Crippen LogP contribution in [-0.2, 0) is 0 Å². The summed E-state index contributed by atoms with van der Waals surface area (Å²) in [5.74, 6) is -2.60. The highest BCUT2D eigenvalue weighted by molar-refractivity contribution is 6.07. The second-order valence-corrected chi connectivity index (χ2v) is 4.41. The highest BCUT2D eigenvalue weighted by Crippen LogP contribution is 2.23. The van der Waals surface area contributed by atoms with Crippen LogP contribution in [0, 0.1) is 20.2 Å². The molecule has 1 aromatic carbocycles. The Labute approximate surface area is 132 Å². The van der Waals surface area contributed by atoms with Gasteiger partial charge in [-0.1, -0.05) is 0 Å². The van der Waals surface area contributed by atoms with Crippen LogP contribution < -0.4 is 5.32 Å². The van der Waals surface area contributed by atoms with Crippen LogP contribution in [-0.4, -0.2) is 31.8 Å². The maximum atomic E-state index is 12.1. The number of benzene rings is 1. The van der Waals surface area contributed by atoms with Crippen LogP contribution >= 0.6 is 0 Å². The van der Waals surface area contributed by atoms with Crippen molar-refractivity contribution in [2.75, 3.05) is 5.32 Å². The van der Waals surface area contributed by atoms with Gasteiger partial charge < -0.3 is 10.4 Å². The largest absolute Gasteiger partial charge is 0.478 e. The van der Waals surface area contributed by atoms with E-state index in [0.29, 0.717) is 6.07 Å². The first-order valence-corrected chi connectivity index (χ1v) is 6.23. The number of anilines is 1. The zero-order valence-corrected chi connectivity index (χ0v) is 11.7. The summed E-state index contributed by atoms with van der Waals surface area (Å²) in [6.45, 7) is 0. The molecule has 2 N–H and O–H groups in total. The molecule has 0 aliphatic heterocycles.